The fraction of sp³-hybridized carbons (Fsp3) is 0.375. The van der Waals surface area contributed by atoms with Gasteiger partial charge in [-0.3, -0.25) is 8.86 Å². The van der Waals surface area contributed by atoms with E-state index in [9.17, 15) is 26.7 Å². The zero-order valence-corrected chi connectivity index (χ0v) is 23.4. The minimum Gasteiger partial charge on any atom is -0.444 e. The van der Waals surface area contributed by atoms with Crippen LogP contribution in [0.5, 0.6) is 0 Å². The number of nitrogen functional groups attached to an aromatic ring is 1. The number of alkyl halides is 3. The predicted octanol–water partition coefficient (Wildman–Crippen LogP) is 5.42. The molecule has 2 heterocycles. The second kappa shape index (κ2) is 10.4. The minimum absolute atomic E-state index is 0.00834. The van der Waals surface area contributed by atoms with Crippen molar-refractivity contribution in [3.05, 3.63) is 47.0 Å². The molecule has 1 aromatic heterocycles. The second-order valence-electron chi connectivity index (χ2n) is 10.5. The molecule has 1 aliphatic rings. The Morgan fingerprint density at radius 2 is 1.88 bits per heavy atom. The van der Waals surface area contributed by atoms with Gasteiger partial charge in [0.1, 0.15) is 5.60 Å². The van der Waals surface area contributed by atoms with E-state index in [2.05, 4.69) is 20.5 Å². The summed E-state index contributed by atoms with van der Waals surface area (Å²) in [6.07, 6.45) is -5.32. The number of aromatic amines is 1. The molecule has 40 heavy (non-hydrogen) atoms. The molecule has 3 aromatic rings. The Bertz CT molecular complexity index is 1440. The number of ether oxygens (including phenoxy) is 1. The summed E-state index contributed by atoms with van der Waals surface area (Å²) in [6, 6.07) is 7.76. The van der Waals surface area contributed by atoms with Gasteiger partial charge in [-0.2, -0.15) is 18.2 Å². The van der Waals surface area contributed by atoms with E-state index in [1.807, 2.05) is 0 Å². The Labute approximate surface area is 235 Å². The first-order valence-electron chi connectivity index (χ1n) is 11.8. The van der Waals surface area contributed by atoms with E-state index in [-0.39, 0.29) is 52.5 Å². The number of hydrogen-bond acceptors (Lipinski definition) is 7. The maximum absolute atomic E-state index is 14.1. The van der Waals surface area contributed by atoms with Crippen LogP contribution >= 0.6 is 11.6 Å². The molecule has 216 valence electrons. The van der Waals surface area contributed by atoms with E-state index < -0.39 is 40.2 Å². The van der Waals surface area contributed by atoms with E-state index in [1.54, 1.807) is 27.7 Å². The number of carbonyl (C=O) groups excluding carboxylic acids is 1. The van der Waals surface area contributed by atoms with Gasteiger partial charge in [-0.1, -0.05) is 23.7 Å². The van der Waals surface area contributed by atoms with Gasteiger partial charge < -0.3 is 20.7 Å². The number of amides is 1. The third kappa shape index (κ3) is 6.26. The molecule has 16 heteroatoms. The summed E-state index contributed by atoms with van der Waals surface area (Å²) in [5, 5.41) is 8.54. The van der Waals surface area contributed by atoms with Crippen molar-refractivity contribution in [1.82, 2.24) is 20.1 Å². The van der Waals surface area contributed by atoms with Crippen molar-refractivity contribution < 1.29 is 31.5 Å². The summed E-state index contributed by atoms with van der Waals surface area (Å²) in [5.74, 6) is -0.0573. The average molecular weight is 602 g/mol. The number of rotatable bonds is 6. The third-order valence-corrected chi connectivity index (χ3v) is 7.17. The van der Waals surface area contributed by atoms with E-state index in [4.69, 9.17) is 22.1 Å². The summed E-state index contributed by atoms with van der Waals surface area (Å²) >= 11 is 3.84. The molecule has 0 aliphatic carbocycles. The molecule has 1 fully saturated rings. The van der Waals surface area contributed by atoms with Crippen LogP contribution in [0.1, 0.15) is 33.3 Å². The van der Waals surface area contributed by atoms with Gasteiger partial charge >= 0.3 is 12.3 Å². The number of H-pyrrole nitrogens is 1. The first-order chi connectivity index (χ1) is 18.5. The standard InChI is InChI=1S/C24H27ClF3N7O4S/c1-22(2,3)39-21(36)34-11-23(4,12-34)35(40(37)38)15-7-5-13(6-8-15)18-16(24(26,27)28)9-14(10-17(18)25)30-20-31-19(29)32-33-20/h5-10H,11-12H2,1-4H3,(H,37,38)(H4,29,30,31,32,33). The second-order valence-corrected chi connectivity index (χ2v) is 11.7. The number of benzene rings is 2. The monoisotopic (exact) mass is 601 g/mol. The number of carbonyl (C=O) groups is 1. The van der Waals surface area contributed by atoms with Crippen LogP contribution in [-0.2, 0) is 22.2 Å². The van der Waals surface area contributed by atoms with Gasteiger partial charge in [0, 0.05) is 24.3 Å². The molecule has 11 nitrogen and oxygen atoms in total. The number of anilines is 4. The number of hydrogen-bond donors (Lipinski definition) is 4. The third-order valence-electron chi connectivity index (χ3n) is 5.91. The van der Waals surface area contributed by atoms with Crippen molar-refractivity contribution in [2.24, 2.45) is 0 Å². The van der Waals surface area contributed by atoms with Gasteiger partial charge in [0.25, 0.3) is 11.3 Å². The summed E-state index contributed by atoms with van der Waals surface area (Å²) in [4.78, 5) is 17.6. The van der Waals surface area contributed by atoms with Crippen LogP contribution in [-0.4, -0.2) is 59.2 Å². The van der Waals surface area contributed by atoms with Crippen LogP contribution in [0.15, 0.2) is 36.4 Å². The van der Waals surface area contributed by atoms with Crippen LogP contribution < -0.4 is 15.4 Å². The number of likely N-dealkylation sites (tertiary alicyclic amines) is 1. The number of nitrogens with zero attached hydrogens (tertiary/aromatic N) is 4. The lowest BCUT2D eigenvalue weighted by molar-refractivity contribution is -0.137. The highest BCUT2D eigenvalue weighted by Crippen LogP contribution is 2.44. The Hall–Kier alpha value is -3.56. The molecule has 2 aromatic carbocycles. The molecule has 0 radical (unpaired) electrons. The van der Waals surface area contributed by atoms with Crippen molar-refractivity contribution in [2.75, 3.05) is 28.4 Å². The number of aromatic nitrogens is 3. The van der Waals surface area contributed by atoms with Crippen molar-refractivity contribution in [3.63, 3.8) is 0 Å². The fourth-order valence-electron chi connectivity index (χ4n) is 4.37. The molecule has 1 aliphatic heterocycles. The minimum atomic E-state index is -4.77. The molecule has 0 spiro atoms. The molecule has 1 atom stereocenters. The highest BCUT2D eigenvalue weighted by molar-refractivity contribution is 7.80. The van der Waals surface area contributed by atoms with Crippen LogP contribution in [0.4, 0.5) is 41.2 Å². The zero-order chi connectivity index (χ0) is 29.6. The van der Waals surface area contributed by atoms with Crippen molar-refractivity contribution in [2.45, 2.75) is 45.0 Å². The smallest absolute Gasteiger partial charge is 0.417 e. The number of nitrogens with two attached hydrogens (primary N) is 1. The van der Waals surface area contributed by atoms with E-state index in [0.29, 0.717) is 0 Å². The normalized spacial score (nSPS) is 15.8. The van der Waals surface area contributed by atoms with Crippen LogP contribution in [0, 0.1) is 0 Å². The van der Waals surface area contributed by atoms with Gasteiger partial charge in [-0.15, -0.1) is 5.10 Å². The maximum atomic E-state index is 14.1. The largest absolute Gasteiger partial charge is 0.444 e. The maximum Gasteiger partial charge on any atom is 0.417 e. The van der Waals surface area contributed by atoms with Crippen LogP contribution in [0.2, 0.25) is 5.02 Å². The summed E-state index contributed by atoms with van der Waals surface area (Å²) in [7, 11) is 0. The van der Waals surface area contributed by atoms with Crippen molar-refractivity contribution in [3.8, 4) is 11.1 Å². The lowest BCUT2D eigenvalue weighted by Gasteiger charge is -2.52. The van der Waals surface area contributed by atoms with Crippen LogP contribution in [0.3, 0.4) is 0 Å². The van der Waals surface area contributed by atoms with Gasteiger partial charge in [-0.05, 0) is 57.5 Å². The molecule has 0 bridgehead atoms. The highest BCUT2D eigenvalue weighted by Gasteiger charge is 2.49. The van der Waals surface area contributed by atoms with E-state index in [1.165, 1.54) is 39.5 Å². The van der Waals surface area contributed by atoms with Crippen LogP contribution in [0.25, 0.3) is 11.1 Å². The predicted molar refractivity (Wildman–Crippen MR) is 145 cm³/mol. The topological polar surface area (TPSA) is 150 Å². The van der Waals surface area contributed by atoms with Gasteiger partial charge in [0.15, 0.2) is 0 Å². The van der Waals surface area contributed by atoms with Gasteiger partial charge in [0.05, 0.1) is 21.8 Å². The van der Waals surface area contributed by atoms with Crippen molar-refractivity contribution >= 4 is 52.2 Å². The molecule has 1 amide bonds. The van der Waals surface area contributed by atoms with E-state index in [0.717, 1.165) is 6.07 Å². The Balaban J connectivity index is 1.62. The van der Waals surface area contributed by atoms with E-state index >= 15 is 0 Å². The lowest BCUT2D eigenvalue weighted by atomic mass is 9.91. The zero-order valence-electron chi connectivity index (χ0n) is 21.8. The fourth-order valence-corrected chi connectivity index (χ4v) is 5.49. The number of nitrogens with one attached hydrogen (secondary N) is 2. The molecule has 0 saturated carbocycles. The summed E-state index contributed by atoms with van der Waals surface area (Å²) in [5.41, 5.74) is 2.93. The van der Waals surface area contributed by atoms with Gasteiger partial charge in [-0.25, -0.2) is 14.1 Å². The number of halogens is 4. The molecular formula is C24H27ClF3N7O4S. The first-order valence-corrected chi connectivity index (χ1v) is 13.3. The Morgan fingerprint density at radius 1 is 1.25 bits per heavy atom. The van der Waals surface area contributed by atoms with Crippen molar-refractivity contribution in [1.29, 1.82) is 0 Å². The summed E-state index contributed by atoms with van der Waals surface area (Å²) in [6.45, 7) is 7.09. The summed E-state index contributed by atoms with van der Waals surface area (Å²) < 4.78 is 71.2. The SMILES string of the molecule is CC(C)(C)OC(=O)N1CC(C)(N(c2ccc(-c3c(Cl)cc(Nc4n[nH]c(N)n4)cc3C(F)(F)F)cc2)S(=O)O)C1. The Morgan fingerprint density at radius 3 is 2.38 bits per heavy atom. The molecule has 5 N–H and O–H groups in total. The first kappa shape index (κ1) is 29.4. The quantitative estimate of drug-likeness (QED) is 0.274. The molecule has 4 rings (SSSR count). The molecule has 1 unspecified atom stereocenters. The lowest BCUT2D eigenvalue weighted by Crippen LogP contribution is -2.70. The molecular weight excluding hydrogens is 575 g/mol. The average Bonchev–Trinajstić information content (AvgIpc) is 3.20. The highest BCUT2D eigenvalue weighted by atomic mass is 35.5. The Kier molecular flexibility index (Phi) is 7.68. The molecule has 1 saturated heterocycles. The van der Waals surface area contributed by atoms with Gasteiger partial charge in [0.2, 0.25) is 11.9 Å².